The molecule has 2 amide bonds. The summed E-state index contributed by atoms with van der Waals surface area (Å²) in [5.74, 6) is -0.320. The number of hydrogen-bond acceptors (Lipinski definition) is 3. The van der Waals surface area contributed by atoms with E-state index in [1.165, 1.54) is 10.5 Å². The summed E-state index contributed by atoms with van der Waals surface area (Å²) in [7, 11) is 3.35. The van der Waals surface area contributed by atoms with Gasteiger partial charge in [0.1, 0.15) is 6.04 Å². The first kappa shape index (κ1) is 14.5. The van der Waals surface area contributed by atoms with Crippen molar-refractivity contribution in [2.75, 3.05) is 20.6 Å². The van der Waals surface area contributed by atoms with Crippen LogP contribution in [0, 0.1) is 0 Å². The molecule has 0 spiro atoms. The van der Waals surface area contributed by atoms with Crippen LogP contribution < -0.4 is 10.6 Å². The molecule has 1 aliphatic heterocycles. The minimum absolute atomic E-state index is 0.113. The Bertz CT molecular complexity index is 526. The molecular formula is C15H21N3O2. The van der Waals surface area contributed by atoms with Crippen molar-refractivity contribution in [2.24, 2.45) is 0 Å². The maximum Gasteiger partial charge on any atom is 0.251 e. The van der Waals surface area contributed by atoms with Crippen LogP contribution in [0.2, 0.25) is 0 Å². The molecule has 0 bridgehead atoms. The number of amides is 2. The maximum absolute atomic E-state index is 12.2. The van der Waals surface area contributed by atoms with Crippen LogP contribution in [-0.4, -0.2) is 43.4 Å². The van der Waals surface area contributed by atoms with Gasteiger partial charge in [-0.2, -0.15) is 0 Å². The van der Waals surface area contributed by atoms with Crippen LogP contribution in [0.15, 0.2) is 18.2 Å². The monoisotopic (exact) mass is 275 g/mol. The third-order valence-corrected chi connectivity index (χ3v) is 3.51. The zero-order chi connectivity index (χ0) is 14.7. The number of carbonyl (C=O) groups excluding carboxylic acids is 2. The van der Waals surface area contributed by atoms with Gasteiger partial charge in [-0.25, -0.2) is 0 Å². The standard InChI is InChI=1S/C15H21N3O2/c1-10(15(20)18(2)3)17-14(19)12-5-4-11-6-7-16-9-13(11)8-12/h4-5,8,10,16H,6-7,9H2,1-3H3,(H,17,19). The molecule has 0 aliphatic carbocycles. The molecule has 0 fully saturated rings. The molecule has 1 unspecified atom stereocenters. The molecule has 5 nitrogen and oxygen atoms in total. The SMILES string of the molecule is CC(NC(=O)c1ccc2c(c1)CNCC2)C(=O)N(C)C. The van der Waals surface area contributed by atoms with Crippen LogP contribution in [0.3, 0.4) is 0 Å². The van der Waals surface area contributed by atoms with Gasteiger partial charge in [-0.05, 0) is 43.1 Å². The number of nitrogens with one attached hydrogen (secondary N) is 2. The Morgan fingerprint density at radius 3 is 2.75 bits per heavy atom. The lowest BCUT2D eigenvalue weighted by molar-refractivity contribution is -0.130. The van der Waals surface area contributed by atoms with E-state index in [1.807, 2.05) is 18.2 Å². The molecule has 1 aromatic rings. The Balaban J connectivity index is 2.08. The Hall–Kier alpha value is -1.88. The van der Waals surface area contributed by atoms with Crippen molar-refractivity contribution in [1.29, 1.82) is 0 Å². The fourth-order valence-corrected chi connectivity index (χ4v) is 2.35. The predicted octanol–water partition coefficient (Wildman–Crippen LogP) is 0.539. The molecule has 0 aromatic heterocycles. The van der Waals surface area contributed by atoms with Crippen molar-refractivity contribution < 1.29 is 9.59 Å². The highest BCUT2D eigenvalue weighted by molar-refractivity contribution is 5.97. The van der Waals surface area contributed by atoms with Gasteiger partial charge in [0, 0.05) is 26.2 Å². The molecule has 1 atom stereocenters. The van der Waals surface area contributed by atoms with Gasteiger partial charge >= 0.3 is 0 Å². The molecule has 5 heteroatoms. The highest BCUT2D eigenvalue weighted by Crippen LogP contribution is 2.16. The average Bonchev–Trinajstić information content (AvgIpc) is 2.45. The van der Waals surface area contributed by atoms with E-state index in [2.05, 4.69) is 10.6 Å². The summed E-state index contributed by atoms with van der Waals surface area (Å²) in [4.78, 5) is 25.4. The second kappa shape index (κ2) is 6.05. The van der Waals surface area contributed by atoms with Crippen molar-refractivity contribution in [3.63, 3.8) is 0 Å². The molecule has 1 aromatic carbocycles. The van der Waals surface area contributed by atoms with Gasteiger partial charge in [-0.3, -0.25) is 9.59 Å². The van der Waals surface area contributed by atoms with Crippen LogP contribution in [0.1, 0.15) is 28.4 Å². The summed E-state index contributed by atoms with van der Waals surface area (Å²) in [5.41, 5.74) is 3.05. The van der Waals surface area contributed by atoms with E-state index in [1.54, 1.807) is 21.0 Å². The van der Waals surface area contributed by atoms with Crippen LogP contribution in [0.25, 0.3) is 0 Å². The van der Waals surface area contributed by atoms with E-state index >= 15 is 0 Å². The first-order chi connectivity index (χ1) is 9.49. The summed E-state index contributed by atoms with van der Waals surface area (Å²) in [6.07, 6.45) is 0.993. The molecule has 20 heavy (non-hydrogen) atoms. The third kappa shape index (κ3) is 3.17. The molecule has 1 heterocycles. The first-order valence-corrected chi connectivity index (χ1v) is 6.83. The maximum atomic E-state index is 12.2. The number of fused-ring (bicyclic) bond motifs is 1. The molecule has 108 valence electrons. The summed E-state index contributed by atoms with van der Waals surface area (Å²) in [6, 6.07) is 5.21. The van der Waals surface area contributed by atoms with Gasteiger partial charge in [-0.1, -0.05) is 6.07 Å². The Kier molecular flexibility index (Phi) is 4.39. The Morgan fingerprint density at radius 1 is 1.30 bits per heavy atom. The van der Waals surface area contributed by atoms with E-state index < -0.39 is 6.04 Å². The van der Waals surface area contributed by atoms with E-state index in [-0.39, 0.29) is 11.8 Å². The number of benzene rings is 1. The van der Waals surface area contributed by atoms with E-state index in [0.717, 1.165) is 25.1 Å². The summed E-state index contributed by atoms with van der Waals surface area (Å²) < 4.78 is 0. The fourth-order valence-electron chi connectivity index (χ4n) is 2.35. The van der Waals surface area contributed by atoms with E-state index in [9.17, 15) is 9.59 Å². The molecule has 0 radical (unpaired) electrons. The highest BCUT2D eigenvalue weighted by Gasteiger charge is 2.19. The van der Waals surface area contributed by atoms with E-state index in [0.29, 0.717) is 5.56 Å². The highest BCUT2D eigenvalue weighted by atomic mass is 16.2. The smallest absolute Gasteiger partial charge is 0.251 e. The molecule has 2 rings (SSSR count). The average molecular weight is 275 g/mol. The lowest BCUT2D eigenvalue weighted by Gasteiger charge is -2.20. The molecular weight excluding hydrogens is 254 g/mol. The van der Waals surface area contributed by atoms with Crippen molar-refractivity contribution in [3.05, 3.63) is 34.9 Å². The number of carbonyl (C=O) groups is 2. The number of hydrogen-bond donors (Lipinski definition) is 2. The largest absolute Gasteiger partial charge is 0.347 e. The zero-order valence-corrected chi connectivity index (χ0v) is 12.2. The summed E-state index contributed by atoms with van der Waals surface area (Å²) >= 11 is 0. The van der Waals surface area contributed by atoms with E-state index in [4.69, 9.17) is 0 Å². The van der Waals surface area contributed by atoms with Crippen LogP contribution in [0.5, 0.6) is 0 Å². The van der Waals surface area contributed by atoms with Crippen LogP contribution in [0.4, 0.5) is 0 Å². The molecule has 0 saturated heterocycles. The van der Waals surface area contributed by atoms with Gasteiger partial charge in [0.15, 0.2) is 0 Å². The number of likely N-dealkylation sites (N-methyl/N-ethyl adjacent to an activating group) is 1. The van der Waals surface area contributed by atoms with Crippen molar-refractivity contribution in [3.8, 4) is 0 Å². The molecule has 2 N–H and O–H groups in total. The molecule has 0 saturated carbocycles. The first-order valence-electron chi connectivity index (χ1n) is 6.83. The van der Waals surface area contributed by atoms with Gasteiger partial charge in [0.05, 0.1) is 0 Å². The third-order valence-electron chi connectivity index (χ3n) is 3.51. The second-order valence-electron chi connectivity index (χ2n) is 5.34. The van der Waals surface area contributed by atoms with Gasteiger partial charge < -0.3 is 15.5 Å². The molecule has 1 aliphatic rings. The number of rotatable bonds is 3. The predicted molar refractivity (Wildman–Crippen MR) is 77.5 cm³/mol. The topological polar surface area (TPSA) is 61.4 Å². The van der Waals surface area contributed by atoms with Gasteiger partial charge in [-0.15, -0.1) is 0 Å². The Morgan fingerprint density at radius 2 is 2.05 bits per heavy atom. The van der Waals surface area contributed by atoms with Crippen molar-refractivity contribution >= 4 is 11.8 Å². The van der Waals surface area contributed by atoms with Crippen molar-refractivity contribution in [2.45, 2.75) is 25.9 Å². The van der Waals surface area contributed by atoms with Crippen LogP contribution in [-0.2, 0) is 17.8 Å². The normalized spacial score (nSPS) is 15.2. The van der Waals surface area contributed by atoms with Gasteiger partial charge in [0.2, 0.25) is 5.91 Å². The summed E-state index contributed by atoms with van der Waals surface area (Å²) in [6.45, 7) is 3.47. The van der Waals surface area contributed by atoms with Crippen molar-refractivity contribution in [1.82, 2.24) is 15.5 Å². The lowest BCUT2D eigenvalue weighted by Crippen LogP contribution is -2.44. The minimum atomic E-state index is -0.522. The minimum Gasteiger partial charge on any atom is -0.347 e. The number of nitrogens with zero attached hydrogens (tertiary/aromatic N) is 1. The fraction of sp³-hybridized carbons (Fsp3) is 0.467. The second-order valence-corrected chi connectivity index (χ2v) is 5.34. The van der Waals surface area contributed by atoms with Gasteiger partial charge in [0.25, 0.3) is 5.91 Å². The summed E-state index contributed by atoms with van der Waals surface area (Å²) in [5, 5.41) is 6.02. The van der Waals surface area contributed by atoms with Crippen LogP contribution >= 0.6 is 0 Å². The lowest BCUT2D eigenvalue weighted by atomic mass is 9.98. The zero-order valence-electron chi connectivity index (χ0n) is 12.2. The quantitative estimate of drug-likeness (QED) is 0.846. The Labute approximate surface area is 119 Å².